The molecule has 4 aromatic rings. The summed E-state index contributed by atoms with van der Waals surface area (Å²) in [5, 5.41) is 8.68. The molecule has 0 aliphatic heterocycles. The Hall–Kier alpha value is -3.22. The molecule has 1 aliphatic rings. The van der Waals surface area contributed by atoms with Crippen molar-refractivity contribution in [2.24, 2.45) is 0 Å². The summed E-state index contributed by atoms with van der Waals surface area (Å²) >= 11 is 0. The first-order chi connectivity index (χ1) is 13.7. The number of aromatic nitrogens is 5. The monoisotopic (exact) mass is 377 g/mol. The van der Waals surface area contributed by atoms with Crippen molar-refractivity contribution in [2.75, 3.05) is 0 Å². The van der Waals surface area contributed by atoms with Crippen LogP contribution in [0.2, 0.25) is 0 Å². The van der Waals surface area contributed by atoms with Gasteiger partial charge in [0, 0.05) is 23.5 Å². The normalized spacial score (nSPS) is 14.8. The van der Waals surface area contributed by atoms with Gasteiger partial charge in [0.1, 0.15) is 0 Å². The molecule has 1 aromatic carbocycles. The van der Waals surface area contributed by atoms with Crippen LogP contribution in [-0.4, -0.2) is 24.6 Å². The quantitative estimate of drug-likeness (QED) is 0.490. The van der Waals surface area contributed by atoms with E-state index in [4.69, 9.17) is 0 Å². The number of allylic oxidation sites excluding steroid dienone is 2. The molecule has 140 valence electrons. The van der Waals surface area contributed by atoms with Crippen LogP contribution >= 0.6 is 0 Å². The Balaban J connectivity index is 1.72. The molecule has 0 fully saturated rings. The molecule has 0 atom stereocenters. The molecule has 3 heterocycles. The molecule has 0 radical (unpaired) electrons. The van der Waals surface area contributed by atoms with Crippen LogP contribution in [0, 0.1) is 0 Å². The number of pyridine rings is 1. The summed E-state index contributed by atoms with van der Waals surface area (Å²) in [5.74, 6) is 0.832. The third kappa shape index (κ3) is 2.83. The Kier molecular flexibility index (Phi) is 4.07. The standard InChI is InChI=1S/C21H17F2N5/c22-20(23)16-8-15(10-24-11-16)14-6-7-17-18(9-14)28-19(12-25-17)26-27-21(28)13-4-2-1-3-5-13/h4,6-12,20H,1-3,5H2. The van der Waals surface area contributed by atoms with Crippen LogP contribution in [0.5, 0.6) is 0 Å². The molecule has 0 spiro atoms. The second-order valence-electron chi connectivity index (χ2n) is 6.96. The maximum Gasteiger partial charge on any atom is 0.265 e. The fourth-order valence-corrected chi connectivity index (χ4v) is 3.72. The first-order valence-electron chi connectivity index (χ1n) is 9.27. The summed E-state index contributed by atoms with van der Waals surface area (Å²) < 4.78 is 28.1. The highest BCUT2D eigenvalue weighted by molar-refractivity contribution is 5.84. The van der Waals surface area contributed by atoms with Crippen molar-refractivity contribution in [3.05, 3.63) is 60.3 Å². The molecule has 5 nitrogen and oxygen atoms in total. The van der Waals surface area contributed by atoms with E-state index < -0.39 is 6.43 Å². The smallest absolute Gasteiger partial charge is 0.265 e. The van der Waals surface area contributed by atoms with E-state index in [0.717, 1.165) is 41.7 Å². The number of fused-ring (bicyclic) bond motifs is 3. The SMILES string of the molecule is FC(F)c1cncc(-c2ccc3ncc4nnc(C5=CCCCC5)n4c3c2)c1. The average molecular weight is 377 g/mol. The molecule has 7 heteroatoms. The number of hydrogen-bond acceptors (Lipinski definition) is 4. The fraction of sp³-hybridized carbons (Fsp3) is 0.238. The van der Waals surface area contributed by atoms with Gasteiger partial charge in [-0.2, -0.15) is 0 Å². The molecule has 0 bridgehead atoms. The van der Waals surface area contributed by atoms with Crippen molar-refractivity contribution >= 4 is 22.3 Å². The Morgan fingerprint density at radius 2 is 1.89 bits per heavy atom. The molecular weight excluding hydrogens is 360 g/mol. The minimum atomic E-state index is -2.55. The Morgan fingerprint density at radius 3 is 2.71 bits per heavy atom. The lowest BCUT2D eigenvalue weighted by Gasteiger charge is -2.12. The van der Waals surface area contributed by atoms with Gasteiger partial charge >= 0.3 is 0 Å². The van der Waals surface area contributed by atoms with Gasteiger partial charge in [-0.3, -0.25) is 14.4 Å². The zero-order chi connectivity index (χ0) is 19.1. The molecule has 0 N–H and O–H groups in total. The van der Waals surface area contributed by atoms with Crippen LogP contribution in [0.3, 0.4) is 0 Å². The zero-order valence-corrected chi connectivity index (χ0v) is 15.0. The van der Waals surface area contributed by atoms with Gasteiger partial charge in [0.25, 0.3) is 6.43 Å². The molecule has 0 unspecified atom stereocenters. The number of halogens is 2. The van der Waals surface area contributed by atoms with Crippen molar-refractivity contribution in [1.29, 1.82) is 0 Å². The van der Waals surface area contributed by atoms with Crippen LogP contribution < -0.4 is 0 Å². The van der Waals surface area contributed by atoms with Gasteiger partial charge < -0.3 is 0 Å². The highest BCUT2D eigenvalue weighted by Gasteiger charge is 2.16. The van der Waals surface area contributed by atoms with E-state index in [1.807, 2.05) is 22.6 Å². The molecular formula is C21H17F2N5. The molecule has 3 aromatic heterocycles. The van der Waals surface area contributed by atoms with Gasteiger partial charge in [0.15, 0.2) is 11.5 Å². The third-order valence-electron chi connectivity index (χ3n) is 5.15. The van der Waals surface area contributed by atoms with E-state index in [1.165, 1.54) is 24.3 Å². The predicted molar refractivity (Wildman–Crippen MR) is 103 cm³/mol. The Labute approximate surface area is 159 Å². The number of rotatable bonds is 3. The number of nitrogens with zero attached hydrogens (tertiary/aromatic N) is 5. The summed E-state index contributed by atoms with van der Waals surface area (Å²) in [4.78, 5) is 8.44. The average Bonchev–Trinajstić information content (AvgIpc) is 3.19. The zero-order valence-electron chi connectivity index (χ0n) is 15.0. The topological polar surface area (TPSA) is 56.0 Å². The van der Waals surface area contributed by atoms with Crippen molar-refractivity contribution in [2.45, 2.75) is 32.1 Å². The molecule has 5 rings (SSSR count). The minimum Gasteiger partial charge on any atom is -0.272 e. The maximum absolute atomic E-state index is 13.1. The molecule has 28 heavy (non-hydrogen) atoms. The summed E-state index contributed by atoms with van der Waals surface area (Å²) in [6.07, 6.45) is 8.53. The summed E-state index contributed by atoms with van der Waals surface area (Å²) in [6.45, 7) is 0. The Bertz CT molecular complexity index is 1210. The van der Waals surface area contributed by atoms with Crippen LogP contribution in [0.25, 0.3) is 33.4 Å². The molecule has 0 saturated heterocycles. The van der Waals surface area contributed by atoms with Crippen LogP contribution in [-0.2, 0) is 0 Å². The lowest BCUT2D eigenvalue weighted by atomic mass is 9.99. The van der Waals surface area contributed by atoms with Gasteiger partial charge in [0.2, 0.25) is 0 Å². The highest BCUT2D eigenvalue weighted by Crippen LogP contribution is 2.30. The van der Waals surface area contributed by atoms with Crippen LogP contribution in [0.15, 0.2) is 48.9 Å². The van der Waals surface area contributed by atoms with Gasteiger partial charge in [-0.25, -0.2) is 8.78 Å². The van der Waals surface area contributed by atoms with Crippen LogP contribution in [0.4, 0.5) is 8.78 Å². The van der Waals surface area contributed by atoms with Gasteiger partial charge in [-0.15, -0.1) is 10.2 Å². The Morgan fingerprint density at radius 1 is 0.964 bits per heavy atom. The number of hydrogen-bond donors (Lipinski definition) is 0. The first kappa shape index (κ1) is 16.9. The van der Waals surface area contributed by atoms with E-state index in [2.05, 4.69) is 26.2 Å². The van der Waals surface area contributed by atoms with Gasteiger partial charge in [-0.1, -0.05) is 12.1 Å². The number of benzene rings is 1. The minimum absolute atomic E-state index is 0.0914. The van der Waals surface area contributed by atoms with Crippen molar-refractivity contribution in [1.82, 2.24) is 24.6 Å². The number of alkyl halides is 2. The lowest BCUT2D eigenvalue weighted by molar-refractivity contribution is 0.151. The maximum atomic E-state index is 13.1. The lowest BCUT2D eigenvalue weighted by Crippen LogP contribution is -2.00. The summed E-state index contributed by atoms with van der Waals surface area (Å²) in [7, 11) is 0. The van der Waals surface area contributed by atoms with E-state index >= 15 is 0 Å². The predicted octanol–water partition coefficient (Wildman–Crippen LogP) is 5.23. The van der Waals surface area contributed by atoms with Crippen molar-refractivity contribution in [3.63, 3.8) is 0 Å². The van der Waals surface area contributed by atoms with Gasteiger partial charge in [0.05, 0.1) is 17.2 Å². The van der Waals surface area contributed by atoms with Gasteiger partial charge in [-0.05, 0) is 55.0 Å². The largest absolute Gasteiger partial charge is 0.272 e. The highest BCUT2D eigenvalue weighted by atomic mass is 19.3. The van der Waals surface area contributed by atoms with E-state index in [1.54, 1.807) is 12.4 Å². The molecule has 0 saturated carbocycles. The second kappa shape index (κ2) is 6.74. The van der Waals surface area contributed by atoms with E-state index in [0.29, 0.717) is 11.2 Å². The second-order valence-corrected chi connectivity index (χ2v) is 6.96. The van der Waals surface area contributed by atoms with E-state index in [-0.39, 0.29) is 5.56 Å². The van der Waals surface area contributed by atoms with Crippen molar-refractivity contribution < 1.29 is 8.78 Å². The summed E-state index contributed by atoms with van der Waals surface area (Å²) in [6, 6.07) is 7.18. The fourth-order valence-electron chi connectivity index (χ4n) is 3.72. The van der Waals surface area contributed by atoms with Crippen molar-refractivity contribution in [3.8, 4) is 11.1 Å². The first-order valence-corrected chi connectivity index (χ1v) is 9.27. The van der Waals surface area contributed by atoms with Crippen LogP contribution in [0.1, 0.15) is 43.5 Å². The molecule has 0 amide bonds. The van der Waals surface area contributed by atoms with E-state index in [9.17, 15) is 8.78 Å². The molecule has 1 aliphatic carbocycles. The third-order valence-corrected chi connectivity index (χ3v) is 5.15. The summed E-state index contributed by atoms with van der Waals surface area (Å²) in [5.41, 5.74) is 4.86.